The molecular formula is C20H18FN3O3S. The molecule has 0 aliphatic carbocycles. The van der Waals surface area contributed by atoms with Crippen LogP contribution in [0.15, 0.2) is 59.8 Å². The standard InChI is InChI=1S/C20H18FN3O3S/c1-13(14-5-3-2-4-6-14)22-19(25)18-17(15-7-9-16(21)10-8-15)23-20-24(18)11-12-28(20,26)27/h2-10,13H,11-12H2,1H3,(H,22,25)/t13-/m1/s1. The first-order valence-electron chi connectivity index (χ1n) is 8.82. The van der Waals surface area contributed by atoms with Crippen molar-refractivity contribution < 1.29 is 17.6 Å². The molecule has 2 aromatic carbocycles. The molecule has 0 saturated heterocycles. The number of rotatable bonds is 4. The summed E-state index contributed by atoms with van der Waals surface area (Å²) >= 11 is 0. The Balaban J connectivity index is 1.77. The maximum absolute atomic E-state index is 13.3. The lowest BCUT2D eigenvalue weighted by atomic mass is 10.1. The third-order valence-corrected chi connectivity index (χ3v) is 6.36. The summed E-state index contributed by atoms with van der Waals surface area (Å²) in [4.78, 5) is 17.3. The lowest BCUT2D eigenvalue weighted by Crippen LogP contribution is -2.29. The van der Waals surface area contributed by atoms with E-state index in [1.54, 1.807) is 0 Å². The Morgan fingerprint density at radius 1 is 1.14 bits per heavy atom. The highest BCUT2D eigenvalue weighted by Crippen LogP contribution is 2.30. The fourth-order valence-electron chi connectivity index (χ4n) is 3.31. The molecule has 0 bridgehead atoms. The predicted molar refractivity (Wildman–Crippen MR) is 102 cm³/mol. The first-order chi connectivity index (χ1) is 13.4. The Bertz CT molecular complexity index is 1140. The zero-order chi connectivity index (χ0) is 19.9. The van der Waals surface area contributed by atoms with Crippen LogP contribution in [0.1, 0.15) is 29.0 Å². The van der Waals surface area contributed by atoms with Crippen LogP contribution < -0.4 is 5.32 Å². The molecule has 0 radical (unpaired) electrons. The largest absolute Gasteiger partial charge is 0.344 e. The summed E-state index contributed by atoms with van der Waals surface area (Å²) < 4.78 is 39.3. The number of halogens is 1. The highest BCUT2D eigenvalue weighted by atomic mass is 32.2. The maximum Gasteiger partial charge on any atom is 0.270 e. The summed E-state index contributed by atoms with van der Waals surface area (Å²) in [6.45, 7) is 2.01. The minimum atomic E-state index is -3.54. The molecule has 0 spiro atoms. The zero-order valence-corrected chi connectivity index (χ0v) is 15.9. The molecule has 1 aromatic heterocycles. The van der Waals surface area contributed by atoms with Crippen molar-refractivity contribution in [1.29, 1.82) is 0 Å². The van der Waals surface area contributed by atoms with Crippen LogP contribution in [0, 0.1) is 5.82 Å². The van der Waals surface area contributed by atoms with Crippen molar-refractivity contribution >= 4 is 15.7 Å². The molecule has 0 fully saturated rings. The van der Waals surface area contributed by atoms with Gasteiger partial charge in [-0.1, -0.05) is 30.3 Å². The van der Waals surface area contributed by atoms with E-state index in [4.69, 9.17) is 0 Å². The Labute approximate surface area is 162 Å². The topological polar surface area (TPSA) is 81.1 Å². The number of fused-ring (bicyclic) bond motifs is 1. The minimum Gasteiger partial charge on any atom is -0.344 e. The maximum atomic E-state index is 13.3. The molecule has 1 aliphatic rings. The summed E-state index contributed by atoms with van der Waals surface area (Å²) in [5.41, 5.74) is 1.81. The lowest BCUT2D eigenvalue weighted by molar-refractivity contribution is 0.0931. The predicted octanol–water partition coefficient (Wildman–Crippen LogP) is 2.97. The van der Waals surface area contributed by atoms with Crippen molar-refractivity contribution in [2.45, 2.75) is 24.7 Å². The third-order valence-electron chi connectivity index (χ3n) is 4.77. The second kappa shape index (κ2) is 6.87. The number of sulfone groups is 1. The fourth-order valence-corrected chi connectivity index (χ4v) is 4.66. The average Bonchev–Trinajstić information content (AvgIpc) is 3.21. The van der Waals surface area contributed by atoms with Gasteiger partial charge in [0.15, 0.2) is 0 Å². The average molecular weight is 399 g/mol. The number of hydrogen-bond donors (Lipinski definition) is 1. The third kappa shape index (κ3) is 3.20. The summed E-state index contributed by atoms with van der Waals surface area (Å²) in [6, 6.07) is 14.6. The van der Waals surface area contributed by atoms with E-state index in [1.807, 2.05) is 37.3 Å². The van der Waals surface area contributed by atoms with Gasteiger partial charge in [-0.3, -0.25) is 4.79 Å². The van der Waals surface area contributed by atoms with Crippen LogP contribution in [0.3, 0.4) is 0 Å². The van der Waals surface area contributed by atoms with Crippen LogP contribution in [0.2, 0.25) is 0 Å². The Morgan fingerprint density at radius 2 is 1.82 bits per heavy atom. The van der Waals surface area contributed by atoms with Gasteiger partial charge in [-0.25, -0.2) is 17.8 Å². The van der Waals surface area contributed by atoms with Crippen molar-refractivity contribution in [3.8, 4) is 11.3 Å². The van der Waals surface area contributed by atoms with Gasteiger partial charge in [0.05, 0.1) is 11.8 Å². The second-order valence-electron chi connectivity index (χ2n) is 6.67. The van der Waals surface area contributed by atoms with Crippen LogP contribution in [-0.2, 0) is 16.4 Å². The summed E-state index contributed by atoms with van der Waals surface area (Å²) in [5, 5.41) is 2.79. The Morgan fingerprint density at radius 3 is 2.50 bits per heavy atom. The molecular weight excluding hydrogens is 381 g/mol. The molecule has 6 nitrogen and oxygen atoms in total. The Hall–Kier alpha value is -3.00. The number of carbonyl (C=O) groups excluding carboxylic acids is 1. The second-order valence-corrected chi connectivity index (χ2v) is 8.68. The van der Waals surface area contributed by atoms with Gasteiger partial charge in [0.25, 0.3) is 5.91 Å². The summed E-state index contributed by atoms with van der Waals surface area (Å²) in [5.74, 6) is -0.938. The zero-order valence-electron chi connectivity index (χ0n) is 15.1. The normalized spacial score (nSPS) is 15.8. The number of carbonyl (C=O) groups is 1. The van der Waals surface area contributed by atoms with Gasteiger partial charge in [-0.2, -0.15) is 0 Å². The molecule has 28 heavy (non-hydrogen) atoms. The van der Waals surface area contributed by atoms with Crippen molar-refractivity contribution in [1.82, 2.24) is 14.9 Å². The molecule has 0 unspecified atom stereocenters. The number of aromatic nitrogens is 2. The van der Waals surface area contributed by atoms with Crippen molar-refractivity contribution in [2.24, 2.45) is 0 Å². The van der Waals surface area contributed by atoms with E-state index in [9.17, 15) is 17.6 Å². The van der Waals surface area contributed by atoms with E-state index in [0.29, 0.717) is 5.56 Å². The van der Waals surface area contributed by atoms with E-state index >= 15 is 0 Å². The van der Waals surface area contributed by atoms with Crippen LogP contribution in [0.25, 0.3) is 11.3 Å². The smallest absolute Gasteiger partial charge is 0.270 e. The van der Waals surface area contributed by atoms with Gasteiger partial charge in [-0.15, -0.1) is 0 Å². The number of hydrogen-bond acceptors (Lipinski definition) is 4. The molecule has 3 aromatic rings. The monoisotopic (exact) mass is 399 g/mol. The molecule has 144 valence electrons. The fraction of sp³-hybridized carbons (Fsp3) is 0.200. The molecule has 1 N–H and O–H groups in total. The van der Waals surface area contributed by atoms with Crippen LogP contribution in [0.5, 0.6) is 0 Å². The highest BCUT2D eigenvalue weighted by molar-refractivity contribution is 7.91. The Kier molecular flexibility index (Phi) is 4.50. The van der Waals surface area contributed by atoms with E-state index in [-0.39, 0.29) is 34.9 Å². The molecule has 4 rings (SSSR count). The van der Waals surface area contributed by atoms with Crippen molar-refractivity contribution in [3.05, 3.63) is 71.7 Å². The van der Waals surface area contributed by atoms with E-state index in [0.717, 1.165) is 5.56 Å². The van der Waals surface area contributed by atoms with Gasteiger partial charge in [0, 0.05) is 12.1 Å². The van der Waals surface area contributed by atoms with Crippen molar-refractivity contribution in [3.63, 3.8) is 0 Å². The molecule has 1 atom stereocenters. The number of amides is 1. The van der Waals surface area contributed by atoms with Crippen LogP contribution in [0.4, 0.5) is 4.39 Å². The highest BCUT2D eigenvalue weighted by Gasteiger charge is 2.35. The van der Waals surface area contributed by atoms with E-state index in [2.05, 4.69) is 10.3 Å². The van der Waals surface area contributed by atoms with E-state index < -0.39 is 21.6 Å². The first-order valence-corrected chi connectivity index (χ1v) is 10.5. The molecule has 8 heteroatoms. The number of imidazole rings is 1. The number of nitrogens with one attached hydrogen (secondary N) is 1. The van der Waals surface area contributed by atoms with Crippen molar-refractivity contribution in [2.75, 3.05) is 5.75 Å². The quantitative estimate of drug-likeness (QED) is 0.731. The van der Waals surface area contributed by atoms with Gasteiger partial charge in [-0.05, 0) is 36.8 Å². The number of nitrogens with zero attached hydrogens (tertiary/aromatic N) is 2. The SMILES string of the molecule is C[C@@H](NC(=O)c1c(-c2ccc(F)cc2)nc2n1CCS2(=O)=O)c1ccccc1. The lowest BCUT2D eigenvalue weighted by Gasteiger charge is -2.15. The van der Waals surface area contributed by atoms with Crippen LogP contribution in [-0.4, -0.2) is 29.6 Å². The van der Waals surface area contributed by atoms with Gasteiger partial charge in [0.1, 0.15) is 17.2 Å². The molecule has 0 saturated carbocycles. The van der Waals surface area contributed by atoms with Gasteiger partial charge < -0.3 is 9.88 Å². The molecule has 1 amide bonds. The summed E-state index contributed by atoms with van der Waals surface area (Å²) in [7, 11) is -3.54. The summed E-state index contributed by atoms with van der Waals surface area (Å²) in [6.07, 6.45) is 0. The van der Waals surface area contributed by atoms with E-state index in [1.165, 1.54) is 28.8 Å². The van der Waals surface area contributed by atoms with Gasteiger partial charge >= 0.3 is 0 Å². The van der Waals surface area contributed by atoms with Gasteiger partial charge in [0.2, 0.25) is 15.0 Å². The minimum absolute atomic E-state index is 0.0897. The molecule has 1 aliphatic heterocycles. The first kappa shape index (κ1) is 18.4. The molecule has 2 heterocycles. The van der Waals surface area contributed by atoms with Crippen LogP contribution >= 0.6 is 0 Å². The number of benzene rings is 2.